The van der Waals surface area contributed by atoms with Crippen LogP contribution in [0.5, 0.6) is 11.5 Å². The van der Waals surface area contributed by atoms with Crippen molar-refractivity contribution >= 4 is 22.4 Å². The number of benzene rings is 3. The Hall–Kier alpha value is -3.59. The summed E-state index contributed by atoms with van der Waals surface area (Å²) in [5, 5.41) is 2.50. The van der Waals surface area contributed by atoms with Gasteiger partial charge in [-0.05, 0) is 41.3 Å². The standard InChI is InChI=1S/C24H16NO2/c1-2-6-18-17(5-1)11-12-25-21-8-4-3-7-19(21)20(24(18)25)13-16-9-10-22-23(14-16)27-15-26-22/h1-14H,15H2/q+1/b20-13+. The van der Waals surface area contributed by atoms with Crippen molar-refractivity contribution in [1.82, 2.24) is 0 Å². The lowest BCUT2D eigenvalue weighted by Gasteiger charge is -2.03. The maximum Gasteiger partial charge on any atom is 0.231 e. The van der Waals surface area contributed by atoms with Crippen molar-refractivity contribution in [1.29, 1.82) is 0 Å². The van der Waals surface area contributed by atoms with Gasteiger partial charge in [-0.15, -0.1) is 0 Å². The zero-order chi connectivity index (χ0) is 17.8. The second kappa shape index (κ2) is 5.45. The zero-order valence-corrected chi connectivity index (χ0v) is 14.6. The fourth-order valence-electron chi connectivity index (χ4n) is 4.05. The molecule has 0 radical (unpaired) electrons. The summed E-state index contributed by atoms with van der Waals surface area (Å²) in [6.07, 6.45) is 4.41. The normalized spacial score (nSPS) is 15.2. The molecule has 3 nitrogen and oxygen atoms in total. The molecule has 4 aromatic rings. The number of ether oxygens (including phenoxy) is 2. The molecule has 0 bridgehead atoms. The lowest BCUT2D eigenvalue weighted by Crippen LogP contribution is -2.30. The van der Waals surface area contributed by atoms with Crippen LogP contribution in [0.15, 0.2) is 79.0 Å². The highest BCUT2D eigenvalue weighted by molar-refractivity contribution is 6.02. The van der Waals surface area contributed by atoms with Crippen molar-refractivity contribution in [2.45, 2.75) is 0 Å². The summed E-state index contributed by atoms with van der Waals surface area (Å²) >= 11 is 0. The van der Waals surface area contributed by atoms with Gasteiger partial charge >= 0.3 is 0 Å². The highest BCUT2D eigenvalue weighted by atomic mass is 16.7. The molecule has 27 heavy (non-hydrogen) atoms. The van der Waals surface area contributed by atoms with Gasteiger partial charge in [-0.1, -0.05) is 36.4 Å². The van der Waals surface area contributed by atoms with Crippen LogP contribution in [0.25, 0.3) is 28.1 Å². The number of hydrogen-bond donors (Lipinski definition) is 0. The second-order valence-electron chi connectivity index (χ2n) is 6.81. The summed E-state index contributed by atoms with van der Waals surface area (Å²) in [4.78, 5) is 0. The van der Waals surface area contributed by atoms with E-state index < -0.39 is 0 Å². The molecular weight excluding hydrogens is 334 g/mol. The van der Waals surface area contributed by atoms with Crippen molar-refractivity contribution in [3.63, 3.8) is 0 Å². The summed E-state index contributed by atoms with van der Waals surface area (Å²) in [6, 6.07) is 25.4. The zero-order valence-electron chi connectivity index (χ0n) is 14.6. The SMILES string of the molecule is C(=C1/c2ccccc2-[n+]2ccc3ccccc3c21)/c1ccc2c(c1)OCO2. The van der Waals surface area contributed by atoms with Gasteiger partial charge in [0.2, 0.25) is 18.2 Å². The molecule has 0 saturated heterocycles. The molecule has 0 amide bonds. The fourth-order valence-corrected chi connectivity index (χ4v) is 4.05. The summed E-state index contributed by atoms with van der Waals surface area (Å²) in [6.45, 7) is 0.293. The first kappa shape index (κ1) is 14.6. The van der Waals surface area contributed by atoms with E-state index in [0.717, 1.165) is 17.1 Å². The first-order valence-electron chi connectivity index (χ1n) is 9.03. The first-order valence-corrected chi connectivity index (χ1v) is 9.03. The monoisotopic (exact) mass is 350 g/mol. The molecule has 2 aliphatic rings. The van der Waals surface area contributed by atoms with Crippen molar-refractivity contribution in [2.75, 3.05) is 6.79 Å². The van der Waals surface area contributed by atoms with E-state index >= 15 is 0 Å². The van der Waals surface area contributed by atoms with E-state index in [1.54, 1.807) is 0 Å². The number of fused-ring (bicyclic) bond motifs is 6. The van der Waals surface area contributed by atoms with Gasteiger partial charge < -0.3 is 9.47 Å². The van der Waals surface area contributed by atoms with Crippen LogP contribution in [0.3, 0.4) is 0 Å². The molecule has 0 N–H and O–H groups in total. The Morgan fingerprint density at radius 3 is 2.67 bits per heavy atom. The van der Waals surface area contributed by atoms with Gasteiger partial charge in [-0.2, -0.15) is 4.57 Å². The topological polar surface area (TPSA) is 22.3 Å². The minimum Gasteiger partial charge on any atom is -0.454 e. The van der Waals surface area contributed by atoms with E-state index in [9.17, 15) is 0 Å². The predicted octanol–water partition coefficient (Wildman–Crippen LogP) is 4.75. The quantitative estimate of drug-likeness (QED) is 0.407. The lowest BCUT2D eigenvalue weighted by molar-refractivity contribution is -0.592. The van der Waals surface area contributed by atoms with Crippen LogP contribution in [0.1, 0.15) is 16.8 Å². The average Bonchev–Trinajstić information content (AvgIpc) is 3.31. The minimum atomic E-state index is 0.293. The Morgan fingerprint density at radius 2 is 1.67 bits per heavy atom. The maximum absolute atomic E-state index is 5.56. The van der Waals surface area contributed by atoms with Crippen LogP contribution in [-0.2, 0) is 0 Å². The fraction of sp³-hybridized carbons (Fsp3) is 0.0417. The molecule has 6 rings (SSSR count). The predicted molar refractivity (Wildman–Crippen MR) is 105 cm³/mol. The van der Waals surface area contributed by atoms with Gasteiger partial charge in [0.15, 0.2) is 17.7 Å². The number of nitrogens with zero attached hydrogens (tertiary/aromatic N) is 1. The van der Waals surface area contributed by atoms with Crippen LogP contribution < -0.4 is 14.0 Å². The van der Waals surface area contributed by atoms with Crippen LogP contribution in [0, 0.1) is 0 Å². The summed E-state index contributed by atoms with van der Waals surface area (Å²) in [7, 11) is 0. The highest BCUT2D eigenvalue weighted by Gasteiger charge is 2.33. The van der Waals surface area contributed by atoms with Crippen molar-refractivity contribution < 1.29 is 14.0 Å². The number of hydrogen-bond acceptors (Lipinski definition) is 2. The smallest absolute Gasteiger partial charge is 0.231 e. The number of pyridine rings is 1. The summed E-state index contributed by atoms with van der Waals surface area (Å²) in [5.74, 6) is 1.62. The van der Waals surface area contributed by atoms with Gasteiger partial charge in [0.25, 0.3) is 0 Å². The molecule has 3 heterocycles. The Bertz CT molecular complexity index is 1260. The highest BCUT2D eigenvalue weighted by Crippen LogP contribution is 2.38. The lowest BCUT2D eigenvalue weighted by atomic mass is 9.98. The number of para-hydroxylation sites is 1. The molecular formula is C24H16NO2+. The molecule has 0 spiro atoms. The van der Waals surface area contributed by atoms with Gasteiger partial charge in [0.05, 0.1) is 16.5 Å². The van der Waals surface area contributed by atoms with Crippen LogP contribution in [0.2, 0.25) is 0 Å². The van der Waals surface area contributed by atoms with Crippen molar-refractivity contribution in [2.24, 2.45) is 0 Å². The molecule has 2 aliphatic heterocycles. The second-order valence-corrected chi connectivity index (χ2v) is 6.81. The van der Waals surface area contributed by atoms with E-state index in [2.05, 4.69) is 77.5 Å². The summed E-state index contributed by atoms with van der Waals surface area (Å²) in [5.41, 5.74) is 6.01. The Kier molecular flexibility index (Phi) is 2.94. The summed E-state index contributed by atoms with van der Waals surface area (Å²) < 4.78 is 13.3. The van der Waals surface area contributed by atoms with E-state index in [0.29, 0.717) is 6.79 Å². The van der Waals surface area contributed by atoms with E-state index in [-0.39, 0.29) is 0 Å². The van der Waals surface area contributed by atoms with E-state index in [4.69, 9.17) is 9.47 Å². The molecule has 0 unspecified atom stereocenters. The first-order chi connectivity index (χ1) is 13.4. The largest absolute Gasteiger partial charge is 0.454 e. The number of aromatic nitrogens is 1. The van der Waals surface area contributed by atoms with Gasteiger partial charge in [-0.3, -0.25) is 0 Å². The molecule has 0 saturated carbocycles. The van der Waals surface area contributed by atoms with Crippen LogP contribution in [0.4, 0.5) is 0 Å². The Balaban J connectivity index is 1.64. The third-order valence-electron chi connectivity index (χ3n) is 5.28. The average molecular weight is 350 g/mol. The molecule has 3 heteroatoms. The van der Waals surface area contributed by atoms with E-state index in [1.807, 2.05) is 12.1 Å². The van der Waals surface area contributed by atoms with Crippen molar-refractivity contribution in [3.8, 4) is 17.2 Å². The van der Waals surface area contributed by atoms with Gasteiger partial charge in [0, 0.05) is 12.1 Å². The Morgan fingerprint density at radius 1 is 0.815 bits per heavy atom. The minimum absolute atomic E-state index is 0.293. The van der Waals surface area contributed by atoms with Gasteiger partial charge in [-0.25, -0.2) is 0 Å². The third kappa shape index (κ3) is 2.12. The van der Waals surface area contributed by atoms with Gasteiger partial charge in [0.1, 0.15) is 0 Å². The van der Waals surface area contributed by atoms with E-state index in [1.165, 1.54) is 33.3 Å². The molecule has 0 atom stereocenters. The van der Waals surface area contributed by atoms with Crippen molar-refractivity contribution in [3.05, 3.63) is 95.8 Å². The molecule has 128 valence electrons. The molecule has 0 fully saturated rings. The molecule has 0 aliphatic carbocycles. The molecule has 3 aromatic carbocycles. The van der Waals surface area contributed by atoms with Crippen LogP contribution in [-0.4, -0.2) is 6.79 Å². The maximum atomic E-state index is 5.56. The number of rotatable bonds is 1. The molecule has 1 aromatic heterocycles. The Labute approximate surface area is 156 Å². The van der Waals surface area contributed by atoms with Crippen LogP contribution >= 0.6 is 0 Å². The third-order valence-corrected chi connectivity index (χ3v) is 5.28.